The van der Waals surface area contributed by atoms with Gasteiger partial charge in [-0.3, -0.25) is 4.68 Å². The van der Waals surface area contributed by atoms with Gasteiger partial charge in [0, 0.05) is 12.2 Å². The summed E-state index contributed by atoms with van der Waals surface area (Å²) >= 11 is 0. The first kappa shape index (κ1) is 14.2. The Bertz CT molecular complexity index is 328. The second-order valence-corrected chi connectivity index (χ2v) is 4.41. The van der Waals surface area contributed by atoms with Gasteiger partial charge < -0.3 is 5.32 Å². The fourth-order valence-electron chi connectivity index (χ4n) is 2.34. The van der Waals surface area contributed by atoms with Crippen LogP contribution in [0, 0.1) is 0 Å². The third-order valence-corrected chi connectivity index (χ3v) is 3.16. The molecule has 0 fully saturated rings. The van der Waals surface area contributed by atoms with E-state index in [1.165, 1.54) is 17.0 Å². The number of likely N-dealkylation sites (N-methyl/N-ethyl adjacent to an activating group) is 1. The Hall–Kier alpha value is -0.830. The minimum atomic E-state index is 1.05. The van der Waals surface area contributed by atoms with Crippen molar-refractivity contribution in [1.29, 1.82) is 0 Å². The van der Waals surface area contributed by atoms with E-state index in [2.05, 4.69) is 37.7 Å². The van der Waals surface area contributed by atoms with Crippen molar-refractivity contribution in [1.82, 2.24) is 15.1 Å². The summed E-state index contributed by atoms with van der Waals surface area (Å²) in [5, 5.41) is 8.16. The molecule has 0 aliphatic carbocycles. The number of rotatable bonds is 8. The van der Waals surface area contributed by atoms with E-state index < -0.39 is 0 Å². The summed E-state index contributed by atoms with van der Waals surface area (Å²) in [6.45, 7) is 12.0. The molecule has 0 saturated carbocycles. The number of nitrogens with zero attached hydrogens (tertiary/aromatic N) is 2. The topological polar surface area (TPSA) is 29.9 Å². The van der Waals surface area contributed by atoms with Crippen LogP contribution in [0.5, 0.6) is 0 Å². The molecule has 0 spiro atoms. The zero-order chi connectivity index (χ0) is 12.7. The average Bonchev–Trinajstić information content (AvgIpc) is 2.67. The number of aromatic nitrogens is 2. The second-order valence-electron chi connectivity index (χ2n) is 4.41. The van der Waals surface area contributed by atoms with Crippen molar-refractivity contribution in [2.45, 2.75) is 59.9 Å². The second kappa shape index (κ2) is 7.49. The van der Waals surface area contributed by atoms with Gasteiger partial charge in [0.2, 0.25) is 0 Å². The maximum absolute atomic E-state index is 4.76. The van der Waals surface area contributed by atoms with Crippen molar-refractivity contribution in [3.8, 4) is 0 Å². The van der Waals surface area contributed by atoms with Crippen LogP contribution in [0.15, 0.2) is 0 Å². The summed E-state index contributed by atoms with van der Waals surface area (Å²) in [4.78, 5) is 0. The first-order chi connectivity index (χ1) is 8.28. The van der Waals surface area contributed by atoms with Gasteiger partial charge in [-0.1, -0.05) is 27.7 Å². The minimum absolute atomic E-state index is 1.05. The molecule has 0 bridgehead atoms. The molecule has 0 aliphatic rings. The molecule has 98 valence electrons. The maximum atomic E-state index is 4.76. The summed E-state index contributed by atoms with van der Waals surface area (Å²) in [7, 11) is 0. The van der Waals surface area contributed by atoms with Crippen LogP contribution in [-0.4, -0.2) is 22.9 Å². The highest BCUT2D eigenvalue weighted by molar-refractivity contribution is 5.27. The van der Waals surface area contributed by atoms with E-state index in [0.717, 1.165) is 45.3 Å². The monoisotopic (exact) mass is 237 g/mol. The third kappa shape index (κ3) is 3.56. The Labute approximate surface area is 106 Å². The molecule has 0 saturated heterocycles. The van der Waals surface area contributed by atoms with Gasteiger partial charge in [-0.05, 0) is 44.3 Å². The molecule has 0 radical (unpaired) electrons. The summed E-state index contributed by atoms with van der Waals surface area (Å²) in [6.07, 6.45) is 4.41. The van der Waals surface area contributed by atoms with Crippen molar-refractivity contribution in [2.24, 2.45) is 0 Å². The predicted octanol–water partition coefficient (Wildman–Crippen LogP) is 2.57. The Kier molecular flexibility index (Phi) is 6.27. The molecule has 1 aromatic rings. The van der Waals surface area contributed by atoms with Crippen molar-refractivity contribution in [2.75, 3.05) is 13.1 Å². The standard InChI is InChI=1S/C14H27N3/c1-5-11-17-14(7-3)12(9-10-15-8-4)13(6-2)16-17/h15H,5-11H2,1-4H3. The minimum Gasteiger partial charge on any atom is -0.317 e. The average molecular weight is 237 g/mol. The quantitative estimate of drug-likeness (QED) is 0.704. The molecule has 1 heterocycles. The van der Waals surface area contributed by atoms with E-state index in [4.69, 9.17) is 5.10 Å². The lowest BCUT2D eigenvalue weighted by molar-refractivity contribution is 0.570. The first-order valence-corrected chi connectivity index (χ1v) is 7.06. The zero-order valence-electron chi connectivity index (χ0n) is 11.8. The summed E-state index contributed by atoms with van der Waals surface area (Å²) in [5.74, 6) is 0. The van der Waals surface area contributed by atoms with Gasteiger partial charge in [0.15, 0.2) is 0 Å². The Morgan fingerprint density at radius 2 is 1.88 bits per heavy atom. The van der Waals surface area contributed by atoms with Gasteiger partial charge in [0.05, 0.1) is 5.69 Å². The fourth-order valence-corrected chi connectivity index (χ4v) is 2.34. The highest BCUT2D eigenvalue weighted by atomic mass is 15.3. The van der Waals surface area contributed by atoms with Crippen molar-refractivity contribution < 1.29 is 0 Å². The predicted molar refractivity (Wildman–Crippen MR) is 73.5 cm³/mol. The van der Waals surface area contributed by atoms with Crippen LogP contribution in [0.4, 0.5) is 0 Å². The number of hydrogen-bond donors (Lipinski definition) is 1. The third-order valence-electron chi connectivity index (χ3n) is 3.16. The smallest absolute Gasteiger partial charge is 0.0657 e. The lowest BCUT2D eigenvalue weighted by Crippen LogP contribution is -2.17. The molecule has 0 aliphatic heterocycles. The number of aryl methyl sites for hydroxylation is 2. The highest BCUT2D eigenvalue weighted by Gasteiger charge is 2.14. The summed E-state index contributed by atoms with van der Waals surface area (Å²) in [5.41, 5.74) is 4.24. The van der Waals surface area contributed by atoms with E-state index in [1.54, 1.807) is 0 Å². The molecule has 17 heavy (non-hydrogen) atoms. The molecule has 3 heteroatoms. The Balaban J connectivity index is 2.89. The van der Waals surface area contributed by atoms with Gasteiger partial charge in [-0.15, -0.1) is 0 Å². The lowest BCUT2D eigenvalue weighted by atomic mass is 10.1. The normalized spacial score (nSPS) is 11.1. The Morgan fingerprint density at radius 3 is 2.41 bits per heavy atom. The lowest BCUT2D eigenvalue weighted by Gasteiger charge is -2.07. The highest BCUT2D eigenvalue weighted by Crippen LogP contribution is 2.17. The SMILES string of the molecule is CCCn1nc(CC)c(CCNCC)c1CC. The van der Waals surface area contributed by atoms with Crippen molar-refractivity contribution in [3.05, 3.63) is 17.0 Å². The number of nitrogens with one attached hydrogen (secondary N) is 1. The molecular formula is C14H27N3. The molecule has 0 unspecified atom stereocenters. The first-order valence-electron chi connectivity index (χ1n) is 7.06. The van der Waals surface area contributed by atoms with Crippen LogP contribution in [0.3, 0.4) is 0 Å². The van der Waals surface area contributed by atoms with E-state index >= 15 is 0 Å². The van der Waals surface area contributed by atoms with Gasteiger partial charge in [0.25, 0.3) is 0 Å². The van der Waals surface area contributed by atoms with E-state index in [0.29, 0.717) is 0 Å². The molecule has 1 aromatic heterocycles. The molecule has 0 atom stereocenters. The number of hydrogen-bond acceptors (Lipinski definition) is 2. The van der Waals surface area contributed by atoms with Crippen LogP contribution < -0.4 is 5.32 Å². The zero-order valence-corrected chi connectivity index (χ0v) is 11.8. The van der Waals surface area contributed by atoms with E-state index in [9.17, 15) is 0 Å². The van der Waals surface area contributed by atoms with Gasteiger partial charge in [0.1, 0.15) is 0 Å². The van der Waals surface area contributed by atoms with Crippen molar-refractivity contribution >= 4 is 0 Å². The van der Waals surface area contributed by atoms with Crippen LogP contribution in [0.2, 0.25) is 0 Å². The molecule has 3 nitrogen and oxygen atoms in total. The fraction of sp³-hybridized carbons (Fsp3) is 0.786. The van der Waals surface area contributed by atoms with Crippen LogP contribution in [0.1, 0.15) is 51.1 Å². The molecular weight excluding hydrogens is 210 g/mol. The van der Waals surface area contributed by atoms with Crippen molar-refractivity contribution in [3.63, 3.8) is 0 Å². The molecule has 0 aromatic carbocycles. The van der Waals surface area contributed by atoms with Gasteiger partial charge in [-0.2, -0.15) is 5.10 Å². The van der Waals surface area contributed by atoms with E-state index in [1.807, 2.05) is 0 Å². The van der Waals surface area contributed by atoms with E-state index in [-0.39, 0.29) is 0 Å². The van der Waals surface area contributed by atoms with Crippen LogP contribution in [-0.2, 0) is 25.8 Å². The van der Waals surface area contributed by atoms with Crippen LogP contribution >= 0.6 is 0 Å². The molecule has 1 rings (SSSR count). The van der Waals surface area contributed by atoms with Crippen LogP contribution in [0.25, 0.3) is 0 Å². The largest absolute Gasteiger partial charge is 0.317 e. The van der Waals surface area contributed by atoms with Gasteiger partial charge in [-0.25, -0.2) is 0 Å². The molecule has 1 N–H and O–H groups in total. The summed E-state index contributed by atoms with van der Waals surface area (Å²) < 4.78 is 2.22. The Morgan fingerprint density at radius 1 is 1.12 bits per heavy atom. The summed E-state index contributed by atoms with van der Waals surface area (Å²) in [6, 6.07) is 0. The maximum Gasteiger partial charge on any atom is 0.0657 e. The molecule has 0 amide bonds. The van der Waals surface area contributed by atoms with Gasteiger partial charge >= 0.3 is 0 Å².